The van der Waals surface area contributed by atoms with E-state index >= 15 is 0 Å². The van der Waals surface area contributed by atoms with Crippen molar-refractivity contribution < 1.29 is 4.52 Å². The van der Waals surface area contributed by atoms with Gasteiger partial charge in [0, 0.05) is 27.5 Å². The lowest BCUT2D eigenvalue weighted by Crippen LogP contribution is -1.71. The number of hydrogen-bond donors (Lipinski definition) is 0. The van der Waals surface area contributed by atoms with Gasteiger partial charge in [-0.2, -0.15) is 4.98 Å². The molecular formula is C7H5IN2OS. The lowest BCUT2D eigenvalue weighted by molar-refractivity contribution is 0.426. The molecule has 0 fully saturated rings. The molecule has 0 saturated carbocycles. The van der Waals surface area contributed by atoms with E-state index in [1.807, 2.05) is 34.7 Å². The molecule has 0 unspecified atom stereocenters. The van der Waals surface area contributed by atoms with E-state index in [4.69, 9.17) is 4.52 Å². The summed E-state index contributed by atoms with van der Waals surface area (Å²) in [6, 6.07) is 4.03. The van der Waals surface area contributed by atoms with Crippen LogP contribution >= 0.6 is 33.9 Å². The maximum absolute atomic E-state index is 5.01. The first-order chi connectivity index (χ1) is 5.75. The lowest BCUT2D eigenvalue weighted by Gasteiger charge is -1.82. The fraction of sp³-hybridized carbons (Fsp3) is 0.143. The average Bonchev–Trinajstić information content (AvgIpc) is 2.58. The van der Waals surface area contributed by atoms with Crippen molar-refractivity contribution in [1.29, 1.82) is 0 Å². The molecule has 3 nitrogen and oxygen atoms in total. The van der Waals surface area contributed by atoms with E-state index in [0.29, 0.717) is 9.72 Å². The Bertz CT molecular complexity index is 357. The summed E-state index contributed by atoms with van der Waals surface area (Å²) in [4.78, 5) is 6.39. The second-order valence-electron chi connectivity index (χ2n) is 2.28. The summed E-state index contributed by atoms with van der Waals surface area (Å²) in [6.45, 7) is 2.05. The van der Waals surface area contributed by atoms with Gasteiger partial charge in [0.2, 0.25) is 3.83 Å². The maximum atomic E-state index is 5.01. The monoisotopic (exact) mass is 292 g/mol. The molecular weight excluding hydrogens is 287 g/mol. The zero-order valence-electron chi connectivity index (χ0n) is 6.24. The Morgan fingerprint density at radius 3 is 2.83 bits per heavy atom. The highest BCUT2D eigenvalue weighted by Crippen LogP contribution is 2.25. The molecule has 0 aliphatic heterocycles. The smallest absolute Gasteiger partial charge is 0.268 e. The van der Waals surface area contributed by atoms with Crippen molar-refractivity contribution in [3.8, 4) is 10.8 Å². The van der Waals surface area contributed by atoms with E-state index in [-0.39, 0.29) is 0 Å². The first-order valence-electron chi connectivity index (χ1n) is 3.32. The van der Waals surface area contributed by atoms with E-state index in [0.717, 1.165) is 4.88 Å². The van der Waals surface area contributed by atoms with Gasteiger partial charge in [0.15, 0.2) is 0 Å². The van der Waals surface area contributed by atoms with Crippen LogP contribution < -0.4 is 0 Å². The molecule has 0 aliphatic carbocycles. The Hall–Kier alpha value is -0.430. The summed E-state index contributed by atoms with van der Waals surface area (Å²) in [7, 11) is 0. The summed E-state index contributed by atoms with van der Waals surface area (Å²) in [5.41, 5.74) is 0. The zero-order valence-corrected chi connectivity index (χ0v) is 9.22. The molecule has 0 radical (unpaired) electrons. The summed E-state index contributed by atoms with van der Waals surface area (Å²) < 4.78 is 5.65. The van der Waals surface area contributed by atoms with Crippen LogP contribution in [0.25, 0.3) is 10.8 Å². The molecule has 2 heterocycles. The van der Waals surface area contributed by atoms with Gasteiger partial charge in [-0.1, -0.05) is 5.16 Å². The third kappa shape index (κ3) is 1.51. The fourth-order valence-electron chi connectivity index (χ4n) is 0.855. The number of nitrogens with zero attached hydrogens (tertiary/aromatic N) is 2. The standard InChI is InChI=1S/C7H5IN2OS/c1-4-2-3-5(12-4)6-9-7(8)10-11-6/h2-3H,1H3. The Labute approximate surface area is 86.9 Å². The lowest BCUT2D eigenvalue weighted by atomic mass is 10.4. The largest absolute Gasteiger partial charge is 0.332 e. The number of thiophene rings is 1. The van der Waals surface area contributed by atoms with E-state index in [1.165, 1.54) is 4.88 Å². The normalized spacial score (nSPS) is 10.5. The second kappa shape index (κ2) is 3.14. The Morgan fingerprint density at radius 1 is 1.50 bits per heavy atom. The van der Waals surface area contributed by atoms with Gasteiger partial charge in [0.25, 0.3) is 5.89 Å². The van der Waals surface area contributed by atoms with Crippen LogP contribution in [0.4, 0.5) is 0 Å². The minimum absolute atomic E-state index is 0.609. The molecule has 2 aromatic rings. The first kappa shape index (κ1) is 8.18. The van der Waals surface area contributed by atoms with Crippen LogP contribution in [0.5, 0.6) is 0 Å². The molecule has 2 aromatic heterocycles. The molecule has 0 bridgehead atoms. The Kier molecular flexibility index (Phi) is 2.14. The number of hydrogen-bond acceptors (Lipinski definition) is 4. The predicted molar refractivity (Wildman–Crippen MR) is 55.1 cm³/mol. The minimum atomic E-state index is 0.609. The Balaban J connectivity index is 2.43. The molecule has 5 heteroatoms. The minimum Gasteiger partial charge on any atom is -0.332 e. The quantitative estimate of drug-likeness (QED) is 0.759. The van der Waals surface area contributed by atoms with Gasteiger partial charge in [-0.3, -0.25) is 0 Å². The number of aromatic nitrogens is 2. The molecule has 2 rings (SSSR count). The van der Waals surface area contributed by atoms with Gasteiger partial charge < -0.3 is 4.52 Å². The molecule has 0 aromatic carbocycles. The third-order valence-corrected chi connectivity index (χ3v) is 2.78. The van der Waals surface area contributed by atoms with Crippen LogP contribution in [0.15, 0.2) is 16.7 Å². The average molecular weight is 292 g/mol. The fourth-order valence-corrected chi connectivity index (χ4v) is 1.96. The van der Waals surface area contributed by atoms with Crippen molar-refractivity contribution in [3.63, 3.8) is 0 Å². The zero-order chi connectivity index (χ0) is 8.55. The van der Waals surface area contributed by atoms with Gasteiger partial charge in [0.1, 0.15) is 0 Å². The number of rotatable bonds is 1. The Morgan fingerprint density at radius 2 is 2.33 bits per heavy atom. The molecule has 0 spiro atoms. The third-order valence-electron chi connectivity index (χ3n) is 1.35. The van der Waals surface area contributed by atoms with Crippen LogP contribution in [0.2, 0.25) is 0 Å². The molecule has 0 amide bonds. The highest BCUT2D eigenvalue weighted by Gasteiger charge is 2.07. The molecule has 0 aliphatic rings. The number of aryl methyl sites for hydroxylation is 1. The first-order valence-corrected chi connectivity index (χ1v) is 5.21. The van der Waals surface area contributed by atoms with Crippen molar-refractivity contribution in [3.05, 3.63) is 20.8 Å². The maximum Gasteiger partial charge on any atom is 0.268 e. The topological polar surface area (TPSA) is 38.9 Å². The van der Waals surface area contributed by atoms with Gasteiger partial charge in [-0.05, 0) is 19.1 Å². The van der Waals surface area contributed by atoms with Gasteiger partial charge in [-0.15, -0.1) is 11.3 Å². The summed E-state index contributed by atoms with van der Waals surface area (Å²) in [5.74, 6) is 0.609. The van der Waals surface area contributed by atoms with Crippen LogP contribution in [0, 0.1) is 10.8 Å². The van der Waals surface area contributed by atoms with E-state index in [1.54, 1.807) is 11.3 Å². The molecule has 62 valence electrons. The van der Waals surface area contributed by atoms with E-state index < -0.39 is 0 Å². The highest BCUT2D eigenvalue weighted by molar-refractivity contribution is 14.1. The molecule has 0 N–H and O–H groups in total. The van der Waals surface area contributed by atoms with Crippen LogP contribution in [-0.4, -0.2) is 10.1 Å². The van der Waals surface area contributed by atoms with Crippen molar-refractivity contribution in [2.45, 2.75) is 6.92 Å². The van der Waals surface area contributed by atoms with E-state index in [9.17, 15) is 0 Å². The van der Waals surface area contributed by atoms with Crippen molar-refractivity contribution in [2.24, 2.45) is 0 Å². The highest BCUT2D eigenvalue weighted by atomic mass is 127. The number of halogens is 1. The summed E-state index contributed by atoms with van der Waals surface area (Å²) >= 11 is 3.68. The SMILES string of the molecule is Cc1ccc(-c2nc(I)no2)s1. The van der Waals surface area contributed by atoms with Gasteiger partial charge in [-0.25, -0.2) is 0 Å². The summed E-state index contributed by atoms with van der Waals surface area (Å²) in [5, 5.41) is 3.71. The van der Waals surface area contributed by atoms with Gasteiger partial charge >= 0.3 is 0 Å². The predicted octanol–water partition coefficient (Wildman–Crippen LogP) is 2.71. The second-order valence-corrected chi connectivity index (χ2v) is 4.53. The van der Waals surface area contributed by atoms with E-state index in [2.05, 4.69) is 17.1 Å². The van der Waals surface area contributed by atoms with Crippen molar-refractivity contribution >= 4 is 33.9 Å². The van der Waals surface area contributed by atoms with Gasteiger partial charge in [0.05, 0.1) is 4.88 Å². The summed E-state index contributed by atoms with van der Waals surface area (Å²) in [6.07, 6.45) is 0. The van der Waals surface area contributed by atoms with Crippen LogP contribution in [0.3, 0.4) is 0 Å². The van der Waals surface area contributed by atoms with Crippen LogP contribution in [-0.2, 0) is 0 Å². The van der Waals surface area contributed by atoms with Crippen LogP contribution in [0.1, 0.15) is 4.88 Å². The van der Waals surface area contributed by atoms with Crippen molar-refractivity contribution in [2.75, 3.05) is 0 Å². The molecule has 0 atom stereocenters. The molecule has 12 heavy (non-hydrogen) atoms. The van der Waals surface area contributed by atoms with Crippen molar-refractivity contribution in [1.82, 2.24) is 10.1 Å². The molecule has 0 saturated heterocycles.